The summed E-state index contributed by atoms with van der Waals surface area (Å²) in [6.07, 6.45) is 2.78. The number of fused-ring (bicyclic) bond motifs is 1. The van der Waals surface area contributed by atoms with Gasteiger partial charge in [-0.3, -0.25) is 4.79 Å². The predicted octanol–water partition coefficient (Wildman–Crippen LogP) is 3.84. The number of halogens is 1. The van der Waals surface area contributed by atoms with Gasteiger partial charge in [0.05, 0.1) is 18.1 Å². The molecule has 1 amide bonds. The van der Waals surface area contributed by atoms with Gasteiger partial charge in [-0.15, -0.1) is 0 Å². The Morgan fingerprint density at radius 2 is 1.96 bits per heavy atom. The van der Waals surface area contributed by atoms with Crippen molar-refractivity contribution in [3.63, 3.8) is 0 Å². The van der Waals surface area contributed by atoms with E-state index in [1.54, 1.807) is 46.9 Å². The standard InChI is InChI=1S/C19H23ClN6OS/c1-3-9-21-16-15-12-23-26(17(15)25-19(24-16)28-4-2)11-10-22-18(27)13-5-7-14(20)8-6-13/h5-8,12H,3-4,9-11H2,1-2H3,(H,22,27)(H,21,24,25). The first-order chi connectivity index (χ1) is 13.6. The van der Waals surface area contributed by atoms with Gasteiger partial charge in [-0.2, -0.15) is 5.10 Å². The fraction of sp³-hybridized carbons (Fsp3) is 0.368. The molecule has 9 heteroatoms. The van der Waals surface area contributed by atoms with Crippen molar-refractivity contribution in [1.29, 1.82) is 0 Å². The maximum atomic E-state index is 12.2. The molecule has 0 unspecified atom stereocenters. The lowest BCUT2D eigenvalue weighted by Gasteiger charge is -2.09. The van der Waals surface area contributed by atoms with Gasteiger partial charge in [0.2, 0.25) is 0 Å². The number of amides is 1. The number of anilines is 1. The van der Waals surface area contributed by atoms with Crippen molar-refractivity contribution in [3.8, 4) is 0 Å². The SMILES string of the molecule is CCCNc1nc(SCC)nc2c1cnn2CCNC(=O)c1ccc(Cl)cc1. The summed E-state index contributed by atoms with van der Waals surface area (Å²) in [5, 5.41) is 12.9. The number of nitrogens with zero attached hydrogens (tertiary/aromatic N) is 4. The number of hydrogen-bond donors (Lipinski definition) is 2. The fourth-order valence-corrected chi connectivity index (χ4v) is 3.34. The van der Waals surface area contributed by atoms with Crippen LogP contribution in [0.3, 0.4) is 0 Å². The number of carbonyl (C=O) groups is 1. The second-order valence-electron chi connectivity index (χ2n) is 6.08. The van der Waals surface area contributed by atoms with E-state index in [0.29, 0.717) is 23.7 Å². The molecule has 0 aliphatic rings. The molecule has 0 aliphatic heterocycles. The largest absolute Gasteiger partial charge is 0.369 e. The Morgan fingerprint density at radius 3 is 2.68 bits per heavy atom. The van der Waals surface area contributed by atoms with E-state index >= 15 is 0 Å². The van der Waals surface area contributed by atoms with E-state index in [9.17, 15) is 4.79 Å². The zero-order chi connectivity index (χ0) is 19.9. The molecule has 28 heavy (non-hydrogen) atoms. The van der Waals surface area contributed by atoms with Gasteiger partial charge in [0.15, 0.2) is 10.8 Å². The molecule has 0 saturated carbocycles. The Bertz CT molecular complexity index is 943. The Labute approximate surface area is 173 Å². The van der Waals surface area contributed by atoms with Crippen LogP contribution in [-0.2, 0) is 6.54 Å². The number of rotatable bonds is 9. The Hall–Kier alpha value is -2.32. The molecule has 148 valence electrons. The highest BCUT2D eigenvalue weighted by molar-refractivity contribution is 7.99. The van der Waals surface area contributed by atoms with Gasteiger partial charge < -0.3 is 10.6 Å². The van der Waals surface area contributed by atoms with Crippen molar-refractivity contribution < 1.29 is 4.79 Å². The first-order valence-electron chi connectivity index (χ1n) is 9.26. The number of aromatic nitrogens is 4. The monoisotopic (exact) mass is 418 g/mol. The lowest BCUT2D eigenvalue weighted by molar-refractivity contribution is 0.0952. The average molecular weight is 419 g/mol. The van der Waals surface area contributed by atoms with Gasteiger partial charge in [-0.05, 0) is 36.4 Å². The first kappa shape index (κ1) is 20.4. The summed E-state index contributed by atoms with van der Waals surface area (Å²) in [6, 6.07) is 6.81. The average Bonchev–Trinajstić information content (AvgIpc) is 3.10. The normalized spacial score (nSPS) is 11.0. The topological polar surface area (TPSA) is 84.7 Å². The lowest BCUT2D eigenvalue weighted by Crippen LogP contribution is -2.27. The maximum absolute atomic E-state index is 12.2. The van der Waals surface area contributed by atoms with E-state index < -0.39 is 0 Å². The lowest BCUT2D eigenvalue weighted by atomic mass is 10.2. The van der Waals surface area contributed by atoms with Crippen LogP contribution in [0.2, 0.25) is 5.02 Å². The second-order valence-corrected chi connectivity index (χ2v) is 7.75. The number of nitrogens with one attached hydrogen (secondary N) is 2. The van der Waals surface area contributed by atoms with Crippen molar-refractivity contribution in [2.75, 3.05) is 24.2 Å². The van der Waals surface area contributed by atoms with Crippen LogP contribution in [-0.4, -0.2) is 44.5 Å². The van der Waals surface area contributed by atoms with Gasteiger partial charge in [0, 0.05) is 23.7 Å². The molecule has 7 nitrogen and oxygen atoms in total. The molecule has 3 rings (SSSR count). The van der Waals surface area contributed by atoms with E-state index in [0.717, 1.165) is 40.7 Å². The van der Waals surface area contributed by atoms with Gasteiger partial charge in [-0.1, -0.05) is 37.2 Å². The summed E-state index contributed by atoms with van der Waals surface area (Å²) in [6.45, 7) is 5.98. The molecule has 2 N–H and O–H groups in total. The number of thioether (sulfide) groups is 1. The summed E-state index contributed by atoms with van der Waals surface area (Å²) in [4.78, 5) is 21.5. The second kappa shape index (κ2) is 9.75. The van der Waals surface area contributed by atoms with Crippen molar-refractivity contribution in [2.45, 2.75) is 32.0 Å². The summed E-state index contributed by atoms with van der Waals surface area (Å²) in [5.74, 6) is 1.55. The maximum Gasteiger partial charge on any atom is 0.251 e. The van der Waals surface area contributed by atoms with Crippen molar-refractivity contribution in [1.82, 2.24) is 25.1 Å². The van der Waals surface area contributed by atoms with Crippen molar-refractivity contribution in [2.24, 2.45) is 0 Å². The first-order valence-corrected chi connectivity index (χ1v) is 10.6. The van der Waals surface area contributed by atoms with Crippen LogP contribution in [0.4, 0.5) is 5.82 Å². The molecule has 0 aliphatic carbocycles. The Kier molecular flexibility index (Phi) is 7.11. The van der Waals surface area contributed by atoms with E-state index in [1.165, 1.54) is 0 Å². The molecule has 1 aromatic carbocycles. The van der Waals surface area contributed by atoms with Crippen LogP contribution in [0.1, 0.15) is 30.6 Å². The van der Waals surface area contributed by atoms with Crippen LogP contribution in [0.25, 0.3) is 11.0 Å². The molecule has 0 spiro atoms. The van der Waals surface area contributed by atoms with Crippen LogP contribution < -0.4 is 10.6 Å². The Morgan fingerprint density at radius 1 is 1.18 bits per heavy atom. The number of carbonyl (C=O) groups excluding carboxylic acids is 1. The van der Waals surface area contributed by atoms with Crippen LogP contribution >= 0.6 is 23.4 Å². The minimum absolute atomic E-state index is 0.143. The fourth-order valence-electron chi connectivity index (χ4n) is 2.65. The highest BCUT2D eigenvalue weighted by Gasteiger charge is 2.13. The van der Waals surface area contributed by atoms with E-state index in [4.69, 9.17) is 11.6 Å². The zero-order valence-corrected chi connectivity index (χ0v) is 17.5. The van der Waals surface area contributed by atoms with Gasteiger partial charge >= 0.3 is 0 Å². The molecule has 0 radical (unpaired) electrons. The highest BCUT2D eigenvalue weighted by Crippen LogP contribution is 2.24. The summed E-state index contributed by atoms with van der Waals surface area (Å²) in [7, 11) is 0. The van der Waals surface area contributed by atoms with Gasteiger partial charge in [-0.25, -0.2) is 14.6 Å². The van der Waals surface area contributed by atoms with Crippen LogP contribution in [0.15, 0.2) is 35.6 Å². The van der Waals surface area contributed by atoms with Crippen molar-refractivity contribution in [3.05, 3.63) is 41.0 Å². The molecule has 2 heterocycles. The van der Waals surface area contributed by atoms with Crippen LogP contribution in [0.5, 0.6) is 0 Å². The summed E-state index contributed by atoms with van der Waals surface area (Å²) >= 11 is 7.45. The quantitative estimate of drug-likeness (QED) is 0.405. The van der Waals surface area contributed by atoms with E-state index in [2.05, 4.69) is 39.5 Å². The van der Waals surface area contributed by atoms with Crippen LogP contribution in [0, 0.1) is 0 Å². The summed E-state index contributed by atoms with van der Waals surface area (Å²) < 4.78 is 1.80. The minimum Gasteiger partial charge on any atom is -0.369 e. The van der Waals surface area contributed by atoms with Crippen molar-refractivity contribution >= 4 is 46.1 Å². The molecule has 3 aromatic rings. The Balaban J connectivity index is 1.72. The smallest absolute Gasteiger partial charge is 0.251 e. The third-order valence-electron chi connectivity index (χ3n) is 4.01. The molecular weight excluding hydrogens is 396 g/mol. The molecule has 0 saturated heterocycles. The third kappa shape index (κ3) is 4.94. The molecule has 0 fully saturated rings. The third-order valence-corrected chi connectivity index (χ3v) is 4.99. The van der Waals surface area contributed by atoms with E-state index in [1.807, 2.05) is 0 Å². The zero-order valence-electron chi connectivity index (χ0n) is 15.9. The number of benzene rings is 1. The molecule has 0 bridgehead atoms. The minimum atomic E-state index is -0.143. The highest BCUT2D eigenvalue weighted by atomic mass is 35.5. The number of hydrogen-bond acceptors (Lipinski definition) is 6. The van der Waals surface area contributed by atoms with Gasteiger partial charge in [0.25, 0.3) is 5.91 Å². The molecule has 2 aromatic heterocycles. The molecule has 0 atom stereocenters. The van der Waals surface area contributed by atoms with Gasteiger partial charge in [0.1, 0.15) is 5.82 Å². The molecular formula is C19H23ClN6OS. The van der Waals surface area contributed by atoms with E-state index in [-0.39, 0.29) is 5.91 Å². The summed E-state index contributed by atoms with van der Waals surface area (Å²) in [5.41, 5.74) is 1.34. The predicted molar refractivity (Wildman–Crippen MR) is 114 cm³/mol.